The van der Waals surface area contributed by atoms with Crippen LogP contribution in [0.1, 0.15) is 11.5 Å². The van der Waals surface area contributed by atoms with Gasteiger partial charge in [-0.3, -0.25) is 4.79 Å². The minimum absolute atomic E-state index is 0.479. The Balaban J connectivity index is 3.39. The predicted molar refractivity (Wildman–Crippen MR) is 50.8 cm³/mol. The number of carboxylic acid groups (broad SMARTS) is 1. The maximum absolute atomic E-state index is 13.3. The summed E-state index contributed by atoms with van der Waals surface area (Å²) in [7, 11) is 0. The normalized spacial score (nSPS) is 12.6. The van der Waals surface area contributed by atoms with E-state index in [0.29, 0.717) is 6.07 Å². The summed E-state index contributed by atoms with van der Waals surface area (Å²) in [5, 5.41) is 7.67. The van der Waals surface area contributed by atoms with Crippen molar-refractivity contribution in [2.24, 2.45) is 5.73 Å². The summed E-state index contributed by atoms with van der Waals surface area (Å²) in [6.07, 6.45) is 0. The largest absolute Gasteiger partial charge is 0.481 e. The first-order chi connectivity index (χ1) is 7.40. The van der Waals surface area contributed by atoms with Crippen molar-refractivity contribution in [3.63, 3.8) is 0 Å². The van der Waals surface area contributed by atoms with Crippen LogP contribution in [0.25, 0.3) is 0 Å². The van der Waals surface area contributed by atoms with Gasteiger partial charge in [0.25, 0.3) is 0 Å². The standard InChI is InChI=1S/C9H7ClF3NO2/c10-6-5(11)1-3(7(12)8(6)13)4(2-14)9(15)16/h1,4H,2,14H2,(H,15,16). The van der Waals surface area contributed by atoms with E-state index < -0.39 is 46.5 Å². The Bertz CT molecular complexity index is 439. The molecule has 0 saturated heterocycles. The summed E-state index contributed by atoms with van der Waals surface area (Å²) >= 11 is 5.11. The second-order valence-corrected chi connectivity index (χ2v) is 3.39. The fourth-order valence-corrected chi connectivity index (χ4v) is 1.34. The highest BCUT2D eigenvalue weighted by molar-refractivity contribution is 6.30. The molecule has 7 heteroatoms. The van der Waals surface area contributed by atoms with E-state index in [-0.39, 0.29) is 0 Å². The molecule has 0 saturated carbocycles. The lowest BCUT2D eigenvalue weighted by Crippen LogP contribution is -2.23. The van der Waals surface area contributed by atoms with Crippen LogP contribution in [-0.2, 0) is 4.79 Å². The minimum Gasteiger partial charge on any atom is -0.481 e. The Kier molecular flexibility index (Phi) is 3.77. The van der Waals surface area contributed by atoms with Gasteiger partial charge in [0.15, 0.2) is 11.6 Å². The molecule has 0 heterocycles. The van der Waals surface area contributed by atoms with Gasteiger partial charge in [-0.25, -0.2) is 13.2 Å². The third-order valence-electron chi connectivity index (χ3n) is 2.04. The molecule has 88 valence electrons. The summed E-state index contributed by atoms with van der Waals surface area (Å²) in [5.41, 5.74) is 4.43. The lowest BCUT2D eigenvalue weighted by atomic mass is 9.98. The van der Waals surface area contributed by atoms with Crippen LogP contribution in [0.5, 0.6) is 0 Å². The quantitative estimate of drug-likeness (QED) is 0.639. The topological polar surface area (TPSA) is 63.3 Å². The number of carboxylic acids is 1. The van der Waals surface area contributed by atoms with E-state index in [1.807, 2.05) is 0 Å². The van der Waals surface area contributed by atoms with Gasteiger partial charge in [0.05, 0.1) is 5.92 Å². The van der Waals surface area contributed by atoms with Crippen molar-refractivity contribution in [1.82, 2.24) is 0 Å². The Hall–Kier alpha value is -1.27. The van der Waals surface area contributed by atoms with Gasteiger partial charge in [0, 0.05) is 12.1 Å². The number of benzene rings is 1. The number of hydrogen-bond acceptors (Lipinski definition) is 2. The van der Waals surface area contributed by atoms with E-state index >= 15 is 0 Å². The first-order valence-corrected chi connectivity index (χ1v) is 4.53. The number of halogens is 4. The molecular formula is C9H7ClF3NO2. The zero-order valence-electron chi connectivity index (χ0n) is 7.81. The smallest absolute Gasteiger partial charge is 0.312 e. The van der Waals surface area contributed by atoms with Crippen molar-refractivity contribution in [3.8, 4) is 0 Å². The first-order valence-electron chi connectivity index (χ1n) is 4.15. The summed E-state index contributed by atoms with van der Waals surface area (Å²) in [6.45, 7) is -0.479. The molecule has 0 spiro atoms. The monoisotopic (exact) mass is 253 g/mol. The highest BCUT2D eigenvalue weighted by Crippen LogP contribution is 2.28. The van der Waals surface area contributed by atoms with Crippen LogP contribution in [0.4, 0.5) is 13.2 Å². The number of nitrogens with two attached hydrogens (primary N) is 1. The molecule has 3 N–H and O–H groups in total. The van der Waals surface area contributed by atoms with Crippen molar-refractivity contribution < 1.29 is 23.1 Å². The molecule has 1 unspecified atom stereocenters. The van der Waals surface area contributed by atoms with E-state index in [1.54, 1.807) is 0 Å². The lowest BCUT2D eigenvalue weighted by molar-refractivity contribution is -0.138. The fourth-order valence-electron chi connectivity index (χ4n) is 1.21. The van der Waals surface area contributed by atoms with Crippen LogP contribution in [0.3, 0.4) is 0 Å². The van der Waals surface area contributed by atoms with Crippen molar-refractivity contribution in [3.05, 3.63) is 34.1 Å². The van der Waals surface area contributed by atoms with Gasteiger partial charge < -0.3 is 10.8 Å². The number of carbonyl (C=O) groups is 1. The van der Waals surface area contributed by atoms with Gasteiger partial charge in [-0.15, -0.1) is 0 Å². The molecule has 0 aliphatic rings. The summed E-state index contributed by atoms with van der Waals surface area (Å²) in [6, 6.07) is 0.534. The maximum Gasteiger partial charge on any atom is 0.312 e. The van der Waals surface area contributed by atoms with Crippen molar-refractivity contribution in [2.75, 3.05) is 6.54 Å². The lowest BCUT2D eigenvalue weighted by Gasteiger charge is -2.12. The Morgan fingerprint density at radius 2 is 2.00 bits per heavy atom. The summed E-state index contributed by atoms with van der Waals surface area (Å²) in [5.74, 6) is -7.32. The van der Waals surface area contributed by atoms with E-state index in [4.69, 9.17) is 22.4 Å². The molecule has 0 aliphatic carbocycles. The highest BCUT2D eigenvalue weighted by atomic mass is 35.5. The van der Waals surface area contributed by atoms with Crippen molar-refractivity contribution >= 4 is 17.6 Å². The van der Waals surface area contributed by atoms with Crippen molar-refractivity contribution in [2.45, 2.75) is 5.92 Å². The summed E-state index contributed by atoms with van der Waals surface area (Å²) < 4.78 is 39.3. The molecule has 0 amide bonds. The van der Waals surface area contributed by atoms with Gasteiger partial charge in [-0.1, -0.05) is 11.6 Å². The van der Waals surface area contributed by atoms with Crippen LogP contribution in [0.15, 0.2) is 6.07 Å². The Labute approximate surface area is 93.6 Å². The molecule has 1 rings (SSSR count). The third-order valence-corrected chi connectivity index (χ3v) is 2.39. The van der Waals surface area contributed by atoms with Gasteiger partial charge in [0.2, 0.25) is 0 Å². The molecule has 1 aromatic carbocycles. The van der Waals surface area contributed by atoms with Crippen LogP contribution in [0, 0.1) is 17.5 Å². The van der Waals surface area contributed by atoms with Gasteiger partial charge in [-0.05, 0) is 6.07 Å². The molecule has 0 fully saturated rings. The molecule has 3 nitrogen and oxygen atoms in total. The predicted octanol–water partition coefficient (Wildman–Crippen LogP) is 1.88. The molecule has 0 aliphatic heterocycles. The molecule has 1 atom stereocenters. The molecular weight excluding hydrogens is 247 g/mol. The Morgan fingerprint density at radius 1 is 1.44 bits per heavy atom. The van der Waals surface area contributed by atoms with Gasteiger partial charge >= 0.3 is 5.97 Å². The molecule has 1 aromatic rings. The maximum atomic E-state index is 13.3. The van der Waals surface area contributed by atoms with Crippen LogP contribution in [-0.4, -0.2) is 17.6 Å². The van der Waals surface area contributed by atoms with Gasteiger partial charge in [0.1, 0.15) is 10.8 Å². The number of aliphatic carboxylic acids is 1. The summed E-state index contributed by atoms with van der Waals surface area (Å²) in [4.78, 5) is 10.7. The van der Waals surface area contributed by atoms with E-state index in [9.17, 15) is 18.0 Å². The molecule has 16 heavy (non-hydrogen) atoms. The van der Waals surface area contributed by atoms with Crippen LogP contribution < -0.4 is 5.73 Å². The van der Waals surface area contributed by atoms with E-state index in [0.717, 1.165) is 0 Å². The second kappa shape index (κ2) is 4.71. The van der Waals surface area contributed by atoms with Crippen LogP contribution in [0.2, 0.25) is 5.02 Å². The zero-order valence-corrected chi connectivity index (χ0v) is 8.56. The molecule has 0 aromatic heterocycles. The average molecular weight is 254 g/mol. The number of hydrogen-bond donors (Lipinski definition) is 2. The third kappa shape index (κ3) is 2.12. The zero-order chi connectivity index (χ0) is 12.5. The molecule has 0 radical (unpaired) electrons. The van der Waals surface area contributed by atoms with Gasteiger partial charge in [-0.2, -0.15) is 0 Å². The molecule has 0 bridgehead atoms. The highest BCUT2D eigenvalue weighted by Gasteiger charge is 2.26. The van der Waals surface area contributed by atoms with E-state index in [1.165, 1.54) is 0 Å². The number of rotatable bonds is 3. The SMILES string of the molecule is NCC(C(=O)O)c1cc(F)c(Cl)c(F)c1F. The first kappa shape index (κ1) is 12.8. The van der Waals surface area contributed by atoms with Crippen molar-refractivity contribution in [1.29, 1.82) is 0 Å². The second-order valence-electron chi connectivity index (χ2n) is 3.02. The average Bonchev–Trinajstić information content (AvgIpc) is 2.23. The van der Waals surface area contributed by atoms with E-state index in [2.05, 4.69) is 0 Å². The fraction of sp³-hybridized carbons (Fsp3) is 0.222. The van der Waals surface area contributed by atoms with Crippen LogP contribution >= 0.6 is 11.6 Å². The Morgan fingerprint density at radius 3 is 2.44 bits per heavy atom. The minimum atomic E-state index is -1.61.